The first-order valence-corrected chi connectivity index (χ1v) is 31.1. The summed E-state index contributed by atoms with van der Waals surface area (Å²) in [6, 6.07) is 71.4. The summed E-state index contributed by atoms with van der Waals surface area (Å²) in [7, 11) is 4.99. The molecule has 91 heavy (non-hydrogen) atoms. The van der Waals surface area contributed by atoms with E-state index in [9.17, 15) is 0 Å². The number of hydrogen-bond donors (Lipinski definition) is 0. The van der Waals surface area contributed by atoms with Gasteiger partial charge in [-0.3, -0.25) is 0 Å². The molecule has 16 nitrogen and oxygen atoms in total. The van der Waals surface area contributed by atoms with Crippen LogP contribution in [0, 0.1) is 0 Å². The quantitative estimate of drug-likeness (QED) is 0.0346. The molecule has 470 valence electrons. The van der Waals surface area contributed by atoms with E-state index in [0.29, 0.717) is 119 Å². The lowest BCUT2D eigenvalue weighted by Gasteiger charge is -2.26. The standard InChI is InChI=1S/C75H78N4O12/c1-80-34-37-83-40-43-86-46-49-89-61-25-16-55(17-26-61)77-70-13-7-4-10-64(70)67-52-58(22-31-73(67)77)76(59-23-32-74-68(53-59)65-11-5-8-14-71(65)78(74)56-18-27-62(28-19-56)90-50-47-87-44-41-84-38-35-81-2)60-24-33-75-69(54-60)66-12-6-9-15-72(66)79(75)57-20-29-63(30-21-57)91-51-48-88-45-42-85-39-36-82-3/h4-33,52-54H,34-51H2,1-3H3. The van der Waals surface area contributed by atoms with Crippen molar-refractivity contribution in [2.45, 2.75) is 0 Å². The number of hydrogen-bond acceptors (Lipinski definition) is 13. The molecule has 0 N–H and O–H groups in total. The fraction of sp³-hybridized carbons (Fsp3) is 0.280. The highest BCUT2D eigenvalue weighted by Gasteiger charge is 2.22. The number of ether oxygens (including phenoxy) is 12. The van der Waals surface area contributed by atoms with Crippen LogP contribution < -0.4 is 19.1 Å². The minimum absolute atomic E-state index is 0.431. The van der Waals surface area contributed by atoms with Gasteiger partial charge in [-0.1, -0.05) is 54.6 Å². The van der Waals surface area contributed by atoms with Crippen molar-refractivity contribution >= 4 is 82.5 Å². The number of methoxy groups -OCH3 is 3. The predicted molar refractivity (Wildman–Crippen MR) is 361 cm³/mol. The Morgan fingerprint density at radius 3 is 0.758 bits per heavy atom. The van der Waals surface area contributed by atoms with Gasteiger partial charge in [0.25, 0.3) is 0 Å². The van der Waals surface area contributed by atoms with E-state index in [1.54, 1.807) is 21.3 Å². The van der Waals surface area contributed by atoms with E-state index in [1.807, 2.05) is 36.4 Å². The van der Waals surface area contributed by atoms with Gasteiger partial charge >= 0.3 is 0 Å². The number of para-hydroxylation sites is 3. The number of fused-ring (bicyclic) bond motifs is 9. The molecule has 12 aromatic rings. The van der Waals surface area contributed by atoms with Crippen molar-refractivity contribution in [2.24, 2.45) is 0 Å². The monoisotopic (exact) mass is 1230 g/mol. The van der Waals surface area contributed by atoms with Gasteiger partial charge in [-0.25, -0.2) is 0 Å². The van der Waals surface area contributed by atoms with Crippen LogP contribution >= 0.6 is 0 Å². The van der Waals surface area contributed by atoms with Gasteiger partial charge in [0.15, 0.2) is 0 Å². The molecule has 0 saturated carbocycles. The molecule has 0 unspecified atom stereocenters. The van der Waals surface area contributed by atoms with Crippen molar-refractivity contribution in [1.29, 1.82) is 0 Å². The van der Waals surface area contributed by atoms with Crippen LogP contribution in [0.25, 0.3) is 82.5 Å². The Hall–Kier alpha value is -8.78. The van der Waals surface area contributed by atoms with Crippen molar-refractivity contribution in [3.63, 3.8) is 0 Å². The highest BCUT2D eigenvalue weighted by atomic mass is 16.6. The fourth-order valence-electron chi connectivity index (χ4n) is 11.7. The third-order valence-electron chi connectivity index (χ3n) is 15.9. The van der Waals surface area contributed by atoms with Crippen LogP contribution in [0.4, 0.5) is 17.1 Å². The van der Waals surface area contributed by atoms with Gasteiger partial charge < -0.3 is 75.4 Å². The minimum atomic E-state index is 0.431. The van der Waals surface area contributed by atoms with E-state index in [1.165, 1.54) is 0 Å². The first-order chi connectivity index (χ1) is 45.1. The minimum Gasteiger partial charge on any atom is -0.491 e. The smallest absolute Gasteiger partial charge is 0.119 e. The Bertz CT molecular complexity index is 3840. The third kappa shape index (κ3) is 14.7. The van der Waals surface area contributed by atoms with Gasteiger partial charge in [0.1, 0.15) is 37.1 Å². The largest absolute Gasteiger partial charge is 0.491 e. The van der Waals surface area contributed by atoms with Gasteiger partial charge in [0.05, 0.1) is 132 Å². The normalized spacial score (nSPS) is 11.8. The van der Waals surface area contributed by atoms with E-state index >= 15 is 0 Å². The van der Waals surface area contributed by atoms with E-state index in [2.05, 4.69) is 182 Å². The van der Waals surface area contributed by atoms with Crippen LogP contribution in [0.1, 0.15) is 0 Å². The Morgan fingerprint density at radius 2 is 0.484 bits per heavy atom. The zero-order valence-electron chi connectivity index (χ0n) is 52.0. The van der Waals surface area contributed by atoms with E-state index in [0.717, 1.165) is 117 Å². The summed E-state index contributed by atoms with van der Waals surface area (Å²) in [4.78, 5) is 2.40. The summed E-state index contributed by atoms with van der Waals surface area (Å²) in [5, 5.41) is 6.83. The van der Waals surface area contributed by atoms with Gasteiger partial charge in [-0.2, -0.15) is 0 Å². The van der Waals surface area contributed by atoms with Crippen LogP contribution in [0.15, 0.2) is 200 Å². The number of benzene rings is 9. The summed E-state index contributed by atoms with van der Waals surface area (Å²) in [5.41, 5.74) is 12.7. The van der Waals surface area contributed by atoms with Crippen LogP contribution in [0.2, 0.25) is 0 Å². The molecule has 0 amide bonds. The second-order valence-electron chi connectivity index (χ2n) is 21.7. The average Bonchev–Trinajstić information content (AvgIpc) is 1.69. The average molecular weight is 1230 g/mol. The molecule has 0 saturated heterocycles. The van der Waals surface area contributed by atoms with Gasteiger partial charge in [-0.05, 0) is 146 Å². The number of anilines is 3. The molecule has 0 radical (unpaired) electrons. The maximum Gasteiger partial charge on any atom is 0.119 e. The molecule has 0 bridgehead atoms. The third-order valence-corrected chi connectivity index (χ3v) is 15.9. The second-order valence-corrected chi connectivity index (χ2v) is 21.7. The maximum absolute atomic E-state index is 6.11. The lowest BCUT2D eigenvalue weighted by Crippen LogP contribution is -2.12. The summed E-state index contributed by atoms with van der Waals surface area (Å²) < 4.78 is 74.3. The molecular weight excluding hydrogens is 1150 g/mol. The van der Waals surface area contributed by atoms with Gasteiger partial charge in [-0.15, -0.1) is 0 Å². The number of aromatic nitrogens is 3. The topological polar surface area (TPSA) is 129 Å². The summed E-state index contributed by atoms with van der Waals surface area (Å²) >= 11 is 0. The van der Waals surface area contributed by atoms with Crippen LogP contribution in [-0.2, 0) is 42.6 Å². The molecule has 9 aromatic carbocycles. The Kier molecular flexibility index (Phi) is 21.5. The van der Waals surface area contributed by atoms with Crippen molar-refractivity contribution in [3.05, 3.63) is 200 Å². The predicted octanol–water partition coefficient (Wildman–Crippen LogP) is 14.6. The summed E-state index contributed by atoms with van der Waals surface area (Å²) in [6.07, 6.45) is 0. The van der Waals surface area contributed by atoms with E-state index < -0.39 is 0 Å². The molecule has 3 aromatic heterocycles. The van der Waals surface area contributed by atoms with Crippen LogP contribution in [0.5, 0.6) is 17.2 Å². The van der Waals surface area contributed by atoms with Crippen molar-refractivity contribution in [3.8, 4) is 34.3 Å². The summed E-state index contributed by atoms with van der Waals surface area (Å²) in [5.74, 6) is 2.33. The molecule has 0 aliphatic rings. The molecule has 12 rings (SSSR count). The Morgan fingerprint density at radius 1 is 0.242 bits per heavy atom. The van der Waals surface area contributed by atoms with Crippen LogP contribution in [0.3, 0.4) is 0 Å². The van der Waals surface area contributed by atoms with E-state index in [-0.39, 0.29) is 0 Å². The highest BCUT2D eigenvalue weighted by Crippen LogP contribution is 2.45. The summed E-state index contributed by atoms with van der Waals surface area (Å²) in [6.45, 7) is 9.06. The lowest BCUT2D eigenvalue weighted by molar-refractivity contribution is 0.0180. The zero-order valence-corrected chi connectivity index (χ0v) is 52.0. The maximum atomic E-state index is 6.11. The molecule has 3 heterocycles. The Balaban J connectivity index is 0.879. The molecular formula is C75H78N4O12. The Labute approximate surface area is 530 Å². The first-order valence-electron chi connectivity index (χ1n) is 31.1. The molecule has 16 heteroatoms. The van der Waals surface area contributed by atoms with Gasteiger partial charge in [0.2, 0.25) is 0 Å². The van der Waals surface area contributed by atoms with Crippen molar-refractivity contribution in [1.82, 2.24) is 13.7 Å². The number of nitrogens with zero attached hydrogens (tertiary/aromatic N) is 4. The van der Waals surface area contributed by atoms with Gasteiger partial charge in [0, 0.05) is 87.8 Å². The highest BCUT2D eigenvalue weighted by molar-refractivity contribution is 6.14. The van der Waals surface area contributed by atoms with Crippen LogP contribution in [-0.4, -0.2) is 154 Å². The molecule has 0 fully saturated rings. The second kappa shape index (κ2) is 31.3. The molecule has 0 spiro atoms. The molecule has 0 aliphatic heterocycles. The first kappa shape index (κ1) is 62.4. The molecule has 0 atom stereocenters. The molecule has 0 aliphatic carbocycles. The van der Waals surface area contributed by atoms with E-state index in [4.69, 9.17) is 56.8 Å². The zero-order chi connectivity index (χ0) is 62.0. The lowest BCUT2D eigenvalue weighted by atomic mass is 10.1. The van der Waals surface area contributed by atoms with Crippen molar-refractivity contribution < 1.29 is 56.8 Å². The van der Waals surface area contributed by atoms with Crippen molar-refractivity contribution in [2.75, 3.05) is 145 Å². The SMILES string of the molecule is COCCOCCOCCOc1ccc(-n2c3ccccc3c3cc(N(c4ccc5c(c4)c4ccccc4n5-c4ccc(OCCOCCOCCOC)cc4)c4ccc5c(c4)c4ccccc4n5-c4ccc(OCCOCCOCCOC)cc4)ccc32)cc1. The number of rotatable bonds is 36. The fourth-order valence-corrected chi connectivity index (χ4v) is 11.7.